The van der Waals surface area contributed by atoms with Gasteiger partial charge >= 0.3 is 0 Å². The summed E-state index contributed by atoms with van der Waals surface area (Å²) >= 11 is 3.92. The molecule has 172 valence electrons. The Kier molecular flexibility index (Phi) is 6.51. The van der Waals surface area contributed by atoms with Crippen LogP contribution in [0.3, 0.4) is 0 Å². The minimum atomic E-state index is -0.280. The maximum Gasteiger partial charge on any atom is 0.197 e. The number of fused-ring (bicyclic) bond motifs is 2. The Balaban J connectivity index is 2.09. The van der Waals surface area contributed by atoms with Crippen LogP contribution in [0.15, 0.2) is 48.5 Å². The molecule has 0 heterocycles. The maximum atomic E-state index is 14.0. The fourth-order valence-electron chi connectivity index (χ4n) is 4.35. The third kappa shape index (κ3) is 3.91. The molecule has 0 radical (unpaired) electrons. The highest BCUT2D eigenvalue weighted by atomic mass is 79.9. The lowest BCUT2D eigenvalue weighted by Gasteiger charge is -2.26. The number of methoxy groups -OCH3 is 5. The average molecular weight is 513 g/mol. The Morgan fingerprint density at radius 3 is 1.85 bits per heavy atom. The van der Waals surface area contributed by atoms with Gasteiger partial charge in [0.15, 0.2) is 5.78 Å². The zero-order valence-corrected chi connectivity index (χ0v) is 20.7. The highest BCUT2D eigenvalue weighted by molar-refractivity contribution is 9.09. The molecular weight excluding hydrogens is 488 g/mol. The molecule has 0 saturated carbocycles. The number of benzene rings is 3. The van der Waals surface area contributed by atoms with E-state index < -0.39 is 0 Å². The third-order valence-corrected chi connectivity index (χ3v) is 7.00. The van der Waals surface area contributed by atoms with Gasteiger partial charge in [-0.2, -0.15) is 0 Å². The third-order valence-electron chi connectivity index (χ3n) is 5.98. The van der Waals surface area contributed by atoms with Crippen molar-refractivity contribution in [1.29, 1.82) is 0 Å². The monoisotopic (exact) mass is 512 g/mol. The van der Waals surface area contributed by atoms with Gasteiger partial charge in [-0.25, -0.2) is 0 Å². The second kappa shape index (κ2) is 9.35. The van der Waals surface area contributed by atoms with E-state index in [9.17, 15) is 4.79 Å². The Morgan fingerprint density at radius 2 is 1.27 bits per heavy atom. The van der Waals surface area contributed by atoms with Crippen LogP contribution in [-0.2, 0) is 0 Å². The summed E-state index contributed by atoms with van der Waals surface area (Å²) in [6.07, 6.45) is 0. The Hall–Kier alpha value is -3.19. The van der Waals surface area contributed by atoms with Crippen LogP contribution in [0, 0.1) is 0 Å². The van der Waals surface area contributed by atoms with E-state index in [0.29, 0.717) is 34.1 Å². The summed E-state index contributed by atoms with van der Waals surface area (Å²) in [5.41, 5.74) is 3.51. The Morgan fingerprint density at radius 1 is 0.697 bits per heavy atom. The predicted octanol–water partition coefficient (Wildman–Crippen LogP) is 5.54. The Labute approximate surface area is 201 Å². The molecule has 2 atom stereocenters. The summed E-state index contributed by atoms with van der Waals surface area (Å²) < 4.78 is 27.7. The van der Waals surface area contributed by atoms with Crippen molar-refractivity contribution in [3.8, 4) is 28.7 Å². The molecular formula is C26H25BrO6. The average Bonchev–Trinajstić information content (AvgIpc) is 2.95. The van der Waals surface area contributed by atoms with E-state index in [1.54, 1.807) is 53.7 Å². The van der Waals surface area contributed by atoms with Gasteiger partial charge in [-0.1, -0.05) is 28.1 Å². The molecule has 0 fully saturated rings. The van der Waals surface area contributed by atoms with Crippen LogP contribution in [0.25, 0.3) is 0 Å². The van der Waals surface area contributed by atoms with E-state index in [1.807, 2.05) is 30.3 Å². The van der Waals surface area contributed by atoms with Crippen LogP contribution < -0.4 is 23.7 Å². The molecule has 0 N–H and O–H groups in total. The van der Waals surface area contributed by atoms with Gasteiger partial charge in [-0.15, -0.1) is 0 Å². The highest BCUT2D eigenvalue weighted by Crippen LogP contribution is 2.53. The fraction of sp³-hybridized carbons (Fsp3) is 0.269. The quantitative estimate of drug-likeness (QED) is 0.404. The minimum absolute atomic E-state index is 0.169. The van der Waals surface area contributed by atoms with Crippen LogP contribution in [0.4, 0.5) is 0 Å². The van der Waals surface area contributed by atoms with E-state index >= 15 is 0 Å². The molecule has 0 aliphatic heterocycles. The largest absolute Gasteiger partial charge is 0.497 e. The molecule has 4 rings (SSSR count). The second-order valence-electron chi connectivity index (χ2n) is 7.57. The summed E-state index contributed by atoms with van der Waals surface area (Å²) in [7, 11) is 7.93. The molecule has 3 aromatic rings. The fourth-order valence-corrected chi connectivity index (χ4v) is 5.28. The zero-order valence-electron chi connectivity index (χ0n) is 19.1. The molecule has 6 nitrogen and oxygen atoms in total. The van der Waals surface area contributed by atoms with Crippen molar-refractivity contribution in [2.75, 3.05) is 35.5 Å². The first-order valence-corrected chi connectivity index (χ1v) is 11.2. The van der Waals surface area contributed by atoms with Crippen LogP contribution >= 0.6 is 15.9 Å². The van der Waals surface area contributed by atoms with E-state index in [2.05, 4.69) is 15.9 Å². The smallest absolute Gasteiger partial charge is 0.197 e. The van der Waals surface area contributed by atoms with Gasteiger partial charge in [0.2, 0.25) is 0 Å². The summed E-state index contributed by atoms with van der Waals surface area (Å²) in [6, 6.07) is 15.0. The van der Waals surface area contributed by atoms with Gasteiger partial charge < -0.3 is 23.7 Å². The first-order chi connectivity index (χ1) is 16.0. The molecule has 1 aliphatic carbocycles. The van der Waals surface area contributed by atoms with E-state index in [0.717, 1.165) is 22.4 Å². The number of hydrogen-bond acceptors (Lipinski definition) is 6. The van der Waals surface area contributed by atoms with Crippen LogP contribution in [0.2, 0.25) is 0 Å². The van der Waals surface area contributed by atoms with Crippen molar-refractivity contribution in [3.05, 3.63) is 76.3 Å². The van der Waals surface area contributed by atoms with Gasteiger partial charge in [-0.3, -0.25) is 4.79 Å². The van der Waals surface area contributed by atoms with Crippen LogP contribution in [-0.4, -0.2) is 41.3 Å². The standard InChI is InChI=1S/C26H25BrO6/c1-29-15-8-6-14(7-9-15)22-23-19(11-17(31-3)12-20(23)32-4)26(28)24-18(25(22)27)10-16(30-2)13-21(24)33-5/h6-13,22,25H,1-5H3/t22-,25?/m1/s1. The first-order valence-electron chi connectivity index (χ1n) is 10.3. The molecule has 0 spiro atoms. The molecule has 33 heavy (non-hydrogen) atoms. The van der Waals surface area contributed by atoms with Gasteiger partial charge in [0.05, 0.1) is 45.9 Å². The lowest BCUT2D eigenvalue weighted by atomic mass is 9.84. The van der Waals surface area contributed by atoms with Crippen molar-refractivity contribution >= 4 is 21.7 Å². The number of halogens is 1. The van der Waals surface area contributed by atoms with Crippen LogP contribution in [0.5, 0.6) is 28.7 Å². The molecule has 3 aromatic carbocycles. The molecule has 0 aromatic heterocycles. The molecule has 0 bridgehead atoms. The second-order valence-corrected chi connectivity index (χ2v) is 8.55. The zero-order chi connectivity index (χ0) is 23.7. The van der Waals surface area contributed by atoms with Crippen molar-refractivity contribution < 1.29 is 28.5 Å². The number of ether oxygens (including phenoxy) is 5. The number of carbonyl (C=O) groups is 1. The number of hydrogen-bond donors (Lipinski definition) is 0. The normalized spacial score (nSPS) is 16.8. The van der Waals surface area contributed by atoms with Crippen molar-refractivity contribution in [2.45, 2.75) is 10.7 Å². The highest BCUT2D eigenvalue weighted by Gasteiger charge is 2.39. The number of ketones is 1. The molecule has 7 heteroatoms. The first kappa shape index (κ1) is 23.0. The lowest BCUT2D eigenvalue weighted by Crippen LogP contribution is -2.11. The van der Waals surface area contributed by atoms with Crippen molar-refractivity contribution in [2.24, 2.45) is 0 Å². The van der Waals surface area contributed by atoms with E-state index in [1.165, 1.54) is 0 Å². The van der Waals surface area contributed by atoms with E-state index in [-0.39, 0.29) is 16.5 Å². The topological polar surface area (TPSA) is 63.2 Å². The predicted molar refractivity (Wildman–Crippen MR) is 129 cm³/mol. The lowest BCUT2D eigenvalue weighted by molar-refractivity contribution is 0.103. The van der Waals surface area contributed by atoms with Gasteiger partial charge in [0.1, 0.15) is 28.7 Å². The van der Waals surface area contributed by atoms with E-state index in [4.69, 9.17) is 23.7 Å². The molecule has 0 amide bonds. The van der Waals surface area contributed by atoms with Crippen LogP contribution in [0.1, 0.15) is 43.4 Å². The molecule has 1 unspecified atom stereocenters. The Bertz CT molecular complexity index is 1190. The number of alkyl halides is 1. The van der Waals surface area contributed by atoms with Gasteiger partial charge in [0, 0.05) is 29.2 Å². The van der Waals surface area contributed by atoms with Crippen molar-refractivity contribution in [1.82, 2.24) is 0 Å². The van der Waals surface area contributed by atoms with Crippen molar-refractivity contribution in [3.63, 3.8) is 0 Å². The number of rotatable bonds is 6. The summed E-state index contributed by atoms with van der Waals surface area (Å²) in [4.78, 5) is 13.7. The SMILES string of the molecule is COc1ccc([C@@H]2c3c(OC)cc(OC)cc3C(=O)c3c(OC)cc(OC)cc3C2Br)cc1. The summed E-state index contributed by atoms with van der Waals surface area (Å²) in [5, 5.41) is 0. The minimum Gasteiger partial charge on any atom is -0.497 e. The molecule has 1 aliphatic rings. The summed E-state index contributed by atoms with van der Waals surface area (Å²) in [6.45, 7) is 0. The summed E-state index contributed by atoms with van der Waals surface area (Å²) in [5.74, 6) is 2.48. The molecule has 0 saturated heterocycles. The van der Waals surface area contributed by atoms with Gasteiger partial charge in [0.25, 0.3) is 0 Å². The van der Waals surface area contributed by atoms with Gasteiger partial charge in [-0.05, 0) is 35.4 Å². The maximum absolute atomic E-state index is 14.0. The number of carbonyl (C=O) groups excluding carboxylic acids is 1.